The van der Waals surface area contributed by atoms with E-state index in [1.54, 1.807) is 11.0 Å². The molecular formula is C18H23ClN4O3. The summed E-state index contributed by atoms with van der Waals surface area (Å²) in [7, 11) is 0. The molecule has 4 N–H and O–H groups in total. The zero-order valence-electron chi connectivity index (χ0n) is 14.4. The summed E-state index contributed by atoms with van der Waals surface area (Å²) < 4.78 is 0. The Morgan fingerprint density at radius 2 is 2.08 bits per heavy atom. The fourth-order valence-corrected chi connectivity index (χ4v) is 3.27. The summed E-state index contributed by atoms with van der Waals surface area (Å²) >= 11 is 0. The maximum Gasteiger partial charge on any atom is 0.254 e. The molecule has 0 spiro atoms. The third kappa shape index (κ3) is 4.23. The first kappa shape index (κ1) is 19.9. The van der Waals surface area contributed by atoms with Gasteiger partial charge in [-0.1, -0.05) is 18.2 Å². The zero-order chi connectivity index (χ0) is 17.8. The molecule has 7 nitrogen and oxygen atoms in total. The van der Waals surface area contributed by atoms with E-state index in [4.69, 9.17) is 5.73 Å². The first-order valence-electron chi connectivity index (χ1n) is 8.49. The molecule has 140 valence electrons. The number of benzene rings is 1. The number of H-pyrrole nitrogens is 1. The molecule has 2 aromatic rings. The summed E-state index contributed by atoms with van der Waals surface area (Å²) in [5.41, 5.74) is 6.11. The maximum atomic E-state index is 13.0. The number of amides is 2. The van der Waals surface area contributed by atoms with Crippen molar-refractivity contribution >= 4 is 35.1 Å². The molecule has 26 heavy (non-hydrogen) atoms. The summed E-state index contributed by atoms with van der Waals surface area (Å²) in [4.78, 5) is 41.4. The number of nitrogens with zero attached hydrogens (tertiary/aromatic N) is 1. The Labute approximate surface area is 157 Å². The molecule has 1 aliphatic heterocycles. The summed E-state index contributed by atoms with van der Waals surface area (Å²) in [6.07, 6.45) is 1.50. The SMILES string of the molecule is Cl.NCCNC(=O)C1CCCN(C(=O)c2cc(=O)[nH]c3ccccc23)C1. The molecule has 1 unspecified atom stereocenters. The Bertz CT molecular complexity index is 852. The summed E-state index contributed by atoms with van der Waals surface area (Å²) in [5, 5.41) is 3.49. The highest BCUT2D eigenvalue weighted by Gasteiger charge is 2.29. The normalized spacial score (nSPS) is 16.8. The molecule has 8 heteroatoms. The van der Waals surface area contributed by atoms with Crippen LogP contribution < -0.4 is 16.6 Å². The fraction of sp³-hybridized carbons (Fsp3) is 0.389. The fourth-order valence-electron chi connectivity index (χ4n) is 3.27. The van der Waals surface area contributed by atoms with Crippen LogP contribution in [-0.2, 0) is 4.79 Å². The van der Waals surface area contributed by atoms with Crippen LogP contribution in [0.3, 0.4) is 0 Å². The zero-order valence-corrected chi connectivity index (χ0v) is 15.2. The van der Waals surface area contributed by atoms with Gasteiger partial charge in [0.1, 0.15) is 0 Å². The van der Waals surface area contributed by atoms with Crippen molar-refractivity contribution in [2.45, 2.75) is 12.8 Å². The van der Waals surface area contributed by atoms with Crippen LogP contribution in [0.5, 0.6) is 0 Å². The number of para-hydroxylation sites is 1. The highest BCUT2D eigenvalue weighted by Crippen LogP contribution is 2.21. The molecule has 0 aliphatic carbocycles. The van der Waals surface area contributed by atoms with Gasteiger partial charge in [-0.3, -0.25) is 14.4 Å². The molecule has 2 heterocycles. The molecule has 0 radical (unpaired) electrons. The number of hydrogen-bond acceptors (Lipinski definition) is 4. The van der Waals surface area contributed by atoms with Crippen LogP contribution in [-0.4, -0.2) is 47.9 Å². The molecular weight excluding hydrogens is 356 g/mol. The number of halogens is 1. The Morgan fingerprint density at radius 1 is 1.31 bits per heavy atom. The average Bonchev–Trinajstić information content (AvgIpc) is 2.64. The van der Waals surface area contributed by atoms with Gasteiger partial charge in [-0.25, -0.2) is 0 Å². The van der Waals surface area contributed by atoms with Gasteiger partial charge in [0.05, 0.1) is 11.5 Å². The van der Waals surface area contributed by atoms with Crippen molar-refractivity contribution in [3.8, 4) is 0 Å². The number of carbonyl (C=O) groups excluding carboxylic acids is 2. The topological polar surface area (TPSA) is 108 Å². The van der Waals surface area contributed by atoms with E-state index in [1.807, 2.05) is 18.2 Å². The van der Waals surface area contributed by atoms with Crippen molar-refractivity contribution in [3.63, 3.8) is 0 Å². The lowest BCUT2D eigenvalue weighted by atomic mass is 9.96. The number of nitrogens with two attached hydrogens (primary N) is 1. The Hall–Kier alpha value is -2.38. The van der Waals surface area contributed by atoms with Crippen molar-refractivity contribution in [1.29, 1.82) is 0 Å². The van der Waals surface area contributed by atoms with Gasteiger partial charge in [0.2, 0.25) is 11.5 Å². The number of rotatable bonds is 4. The minimum absolute atomic E-state index is 0. The van der Waals surface area contributed by atoms with E-state index in [1.165, 1.54) is 6.07 Å². The van der Waals surface area contributed by atoms with Crippen molar-refractivity contribution < 1.29 is 9.59 Å². The van der Waals surface area contributed by atoms with Crippen LogP contribution in [0.1, 0.15) is 23.2 Å². The quantitative estimate of drug-likeness (QED) is 0.733. The van der Waals surface area contributed by atoms with Crippen LogP contribution in [0, 0.1) is 5.92 Å². The highest BCUT2D eigenvalue weighted by molar-refractivity contribution is 6.06. The van der Waals surface area contributed by atoms with Crippen molar-refractivity contribution in [2.24, 2.45) is 11.7 Å². The first-order chi connectivity index (χ1) is 12.1. The van der Waals surface area contributed by atoms with Crippen LogP contribution in [0.15, 0.2) is 35.1 Å². The maximum absolute atomic E-state index is 13.0. The van der Waals surface area contributed by atoms with E-state index in [0.717, 1.165) is 12.8 Å². The monoisotopic (exact) mass is 378 g/mol. The second-order valence-corrected chi connectivity index (χ2v) is 6.26. The minimum atomic E-state index is -0.309. The van der Waals surface area contributed by atoms with Gasteiger partial charge in [-0.15, -0.1) is 12.4 Å². The number of nitrogens with one attached hydrogen (secondary N) is 2. The number of piperidine rings is 1. The van der Waals surface area contributed by atoms with E-state index < -0.39 is 0 Å². The Kier molecular flexibility index (Phi) is 6.76. The summed E-state index contributed by atoms with van der Waals surface area (Å²) in [6, 6.07) is 8.56. The predicted octanol–water partition coefficient (Wildman–Crippen LogP) is 0.877. The third-order valence-electron chi connectivity index (χ3n) is 4.50. The summed E-state index contributed by atoms with van der Waals surface area (Å²) in [5.74, 6) is -0.519. The number of fused-ring (bicyclic) bond motifs is 1. The predicted molar refractivity (Wildman–Crippen MR) is 103 cm³/mol. The van der Waals surface area contributed by atoms with Gasteiger partial charge in [0, 0.05) is 43.1 Å². The minimum Gasteiger partial charge on any atom is -0.355 e. The van der Waals surface area contributed by atoms with Crippen molar-refractivity contribution in [3.05, 3.63) is 46.2 Å². The van der Waals surface area contributed by atoms with Crippen LogP contribution in [0.2, 0.25) is 0 Å². The lowest BCUT2D eigenvalue weighted by Gasteiger charge is -2.32. The van der Waals surface area contributed by atoms with Gasteiger partial charge in [0.15, 0.2) is 0 Å². The first-order valence-corrected chi connectivity index (χ1v) is 8.49. The second-order valence-electron chi connectivity index (χ2n) is 6.26. The van der Waals surface area contributed by atoms with Gasteiger partial charge in [-0.2, -0.15) is 0 Å². The smallest absolute Gasteiger partial charge is 0.254 e. The van der Waals surface area contributed by atoms with Crippen LogP contribution in [0.25, 0.3) is 10.9 Å². The largest absolute Gasteiger partial charge is 0.355 e. The highest BCUT2D eigenvalue weighted by atomic mass is 35.5. The van der Waals surface area contributed by atoms with E-state index in [9.17, 15) is 14.4 Å². The van der Waals surface area contributed by atoms with Gasteiger partial charge >= 0.3 is 0 Å². The number of hydrogen-bond donors (Lipinski definition) is 3. The van der Waals surface area contributed by atoms with Crippen molar-refractivity contribution in [2.75, 3.05) is 26.2 Å². The van der Waals surface area contributed by atoms with E-state index >= 15 is 0 Å². The van der Waals surface area contributed by atoms with Crippen LogP contribution in [0.4, 0.5) is 0 Å². The Morgan fingerprint density at radius 3 is 2.85 bits per heavy atom. The van der Waals surface area contributed by atoms with E-state index in [2.05, 4.69) is 10.3 Å². The second kappa shape index (κ2) is 8.82. The van der Waals surface area contributed by atoms with Crippen molar-refractivity contribution in [1.82, 2.24) is 15.2 Å². The molecule has 0 saturated carbocycles. The molecule has 1 saturated heterocycles. The Balaban J connectivity index is 0.00000243. The molecule has 1 fully saturated rings. The molecule has 1 atom stereocenters. The van der Waals surface area contributed by atoms with E-state index in [0.29, 0.717) is 42.6 Å². The lowest BCUT2D eigenvalue weighted by molar-refractivity contribution is -0.126. The lowest BCUT2D eigenvalue weighted by Crippen LogP contribution is -2.46. The number of aromatic nitrogens is 1. The van der Waals surface area contributed by atoms with E-state index in [-0.39, 0.29) is 35.7 Å². The molecule has 3 rings (SSSR count). The number of aromatic amines is 1. The van der Waals surface area contributed by atoms with Gasteiger partial charge in [-0.05, 0) is 18.9 Å². The van der Waals surface area contributed by atoms with Gasteiger partial charge < -0.3 is 20.9 Å². The molecule has 2 amide bonds. The molecule has 0 bridgehead atoms. The van der Waals surface area contributed by atoms with Crippen LogP contribution >= 0.6 is 12.4 Å². The number of pyridine rings is 1. The average molecular weight is 379 g/mol. The number of carbonyl (C=O) groups is 2. The number of likely N-dealkylation sites (tertiary alicyclic amines) is 1. The molecule has 1 aromatic carbocycles. The van der Waals surface area contributed by atoms with Gasteiger partial charge in [0.25, 0.3) is 5.91 Å². The third-order valence-corrected chi connectivity index (χ3v) is 4.50. The standard InChI is InChI=1S/C18H22N4O3.ClH/c19-7-8-20-17(24)12-4-3-9-22(11-12)18(25)14-10-16(23)21-15-6-2-1-5-13(14)15;/h1-2,5-6,10,12H,3-4,7-9,11,19H2,(H,20,24)(H,21,23);1H. The molecule has 1 aromatic heterocycles. The molecule has 1 aliphatic rings. The summed E-state index contributed by atoms with van der Waals surface area (Å²) in [6.45, 7) is 1.76.